The molecule has 206 valence electrons. The number of ether oxygens (including phenoxy) is 1. The Balaban J connectivity index is 0.00000153. The number of nitrogens with one attached hydrogen (secondary N) is 1. The largest absolute Gasteiger partial charge is 0.496 e. The molecule has 37 heavy (non-hydrogen) atoms. The first-order valence-electron chi connectivity index (χ1n) is 12.2. The Labute approximate surface area is 223 Å². The molecule has 0 spiro atoms. The summed E-state index contributed by atoms with van der Waals surface area (Å²) in [5.74, 6) is 1.39. The highest BCUT2D eigenvalue weighted by Gasteiger charge is 2.27. The Morgan fingerprint density at radius 2 is 1.89 bits per heavy atom. The summed E-state index contributed by atoms with van der Waals surface area (Å²) in [5.41, 5.74) is 2.10. The molecule has 1 saturated carbocycles. The third-order valence-corrected chi connectivity index (χ3v) is 6.90. The zero-order valence-electron chi connectivity index (χ0n) is 21.2. The SMILES string of the molecule is CCn1nc(C(=O)NCC2CCC(C)CC2)c(Cl)c1-c1ccc(CCCC(F)(F)F)cc1OC.O=S=O. The maximum atomic E-state index is 12.9. The van der Waals surface area contributed by atoms with Gasteiger partial charge in [0.25, 0.3) is 5.91 Å². The van der Waals surface area contributed by atoms with Gasteiger partial charge in [0, 0.05) is 25.1 Å². The molecule has 2 aromatic rings. The van der Waals surface area contributed by atoms with Crippen molar-refractivity contribution >= 4 is 29.1 Å². The van der Waals surface area contributed by atoms with E-state index >= 15 is 0 Å². The molecule has 0 radical (unpaired) electrons. The molecule has 0 aliphatic heterocycles. The average Bonchev–Trinajstić information content (AvgIpc) is 3.19. The van der Waals surface area contributed by atoms with Crippen LogP contribution in [0.15, 0.2) is 18.2 Å². The molecule has 3 rings (SSSR count). The van der Waals surface area contributed by atoms with Gasteiger partial charge in [-0.1, -0.05) is 37.4 Å². The second-order valence-corrected chi connectivity index (χ2v) is 9.75. The molecule has 1 amide bonds. The summed E-state index contributed by atoms with van der Waals surface area (Å²) in [7, 11) is 1.50. The first-order chi connectivity index (χ1) is 17.5. The summed E-state index contributed by atoms with van der Waals surface area (Å²) >= 11 is 5.91. The minimum atomic E-state index is -4.17. The highest BCUT2D eigenvalue weighted by Crippen LogP contribution is 2.38. The lowest BCUT2D eigenvalue weighted by atomic mass is 9.83. The molecule has 0 unspecified atom stereocenters. The molecule has 0 saturated heterocycles. The van der Waals surface area contributed by atoms with E-state index in [4.69, 9.17) is 24.8 Å². The highest BCUT2D eigenvalue weighted by atomic mass is 35.5. The molecule has 1 N–H and O–H groups in total. The number of hydrogen-bond acceptors (Lipinski definition) is 5. The number of benzene rings is 1. The Bertz CT molecular complexity index is 1080. The van der Waals surface area contributed by atoms with Crippen LogP contribution >= 0.6 is 11.6 Å². The van der Waals surface area contributed by atoms with Crippen molar-refractivity contribution in [1.82, 2.24) is 15.1 Å². The monoisotopic (exact) mass is 563 g/mol. The predicted octanol–water partition coefficient (Wildman–Crippen LogP) is 6.00. The van der Waals surface area contributed by atoms with Crippen molar-refractivity contribution in [2.24, 2.45) is 11.8 Å². The third-order valence-electron chi connectivity index (χ3n) is 6.54. The van der Waals surface area contributed by atoms with E-state index in [0.717, 1.165) is 24.3 Å². The molecule has 1 aromatic heterocycles. The highest BCUT2D eigenvalue weighted by molar-refractivity contribution is 7.51. The van der Waals surface area contributed by atoms with Gasteiger partial charge < -0.3 is 10.1 Å². The summed E-state index contributed by atoms with van der Waals surface area (Å²) in [4.78, 5) is 12.9. The number of aryl methyl sites for hydroxylation is 2. The first kappa shape index (κ1) is 30.8. The van der Waals surface area contributed by atoms with Crippen LogP contribution in [0.1, 0.15) is 68.4 Å². The minimum Gasteiger partial charge on any atom is -0.496 e. The quantitative estimate of drug-likeness (QED) is 0.404. The fraction of sp³-hybridized carbons (Fsp3) is 0.600. The second kappa shape index (κ2) is 14.5. The summed E-state index contributed by atoms with van der Waals surface area (Å²) in [6.07, 6.45) is -0.133. The van der Waals surface area contributed by atoms with E-state index in [0.29, 0.717) is 36.0 Å². The van der Waals surface area contributed by atoms with Crippen LogP contribution < -0.4 is 10.1 Å². The molecular formula is C25H33ClF3N3O4S. The molecule has 1 aliphatic carbocycles. The number of hydrogen-bond donors (Lipinski definition) is 1. The van der Waals surface area contributed by atoms with Gasteiger partial charge in [0.1, 0.15) is 5.75 Å². The van der Waals surface area contributed by atoms with Crippen LogP contribution in [-0.2, 0) is 24.5 Å². The fourth-order valence-electron chi connectivity index (χ4n) is 4.50. The van der Waals surface area contributed by atoms with Gasteiger partial charge in [-0.25, -0.2) is 0 Å². The van der Waals surface area contributed by atoms with E-state index < -0.39 is 24.2 Å². The summed E-state index contributed by atoms with van der Waals surface area (Å²) < 4.78 is 61.2. The molecule has 1 aromatic carbocycles. The molecular weight excluding hydrogens is 531 g/mol. The van der Waals surface area contributed by atoms with Crippen LogP contribution in [0.4, 0.5) is 13.2 Å². The minimum absolute atomic E-state index is 0.00384. The molecule has 0 atom stereocenters. The number of methoxy groups -OCH3 is 1. The van der Waals surface area contributed by atoms with Crippen molar-refractivity contribution in [3.05, 3.63) is 34.5 Å². The summed E-state index contributed by atoms with van der Waals surface area (Å²) in [5, 5.41) is 7.67. The molecule has 1 fully saturated rings. The van der Waals surface area contributed by atoms with Crippen LogP contribution in [0.3, 0.4) is 0 Å². The third kappa shape index (κ3) is 9.14. The first-order valence-corrected chi connectivity index (χ1v) is 13.3. The Kier molecular flexibility index (Phi) is 12.1. The maximum Gasteiger partial charge on any atom is 0.389 e. The summed E-state index contributed by atoms with van der Waals surface area (Å²) in [6, 6.07) is 5.25. The molecule has 7 nitrogen and oxygen atoms in total. The number of halogens is 4. The van der Waals surface area contributed by atoms with Crippen molar-refractivity contribution in [2.75, 3.05) is 13.7 Å². The molecule has 1 aliphatic rings. The van der Waals surface area contributed by atoms with Crippen molar-refractivity contribution < 1.29 is 31.1 Å². The van der Waals surface area contributed by atoms with Crippen molar-refractivity contribution in [1.29, 1.82) is 0 Å². The Hall–Kier alpha value is -2.40. The molecule has 12 heteroatoms. The van der Waals surface area contributed by atoms with E-state index in [1.807, 2.05) is 6.92 Å². The van der Waals surface area contributed by atoms with Crippen LogP contribution in [0.5, 0.6) is 5.75 Å². The normalized spacial score (nSPS) is 17.5. The van der Waals surface area contributed by atoms with E-state index in [9.17, 15) is 18.0 Å². The van der Waals surface area contributed by atoms with Gasteiger partial charge in [0.2, 0.25) is 0 Å². The number of alkyl halides is 3. The van der Waals surface area contributed by atoms with Crippen LogP contribution in [-0.4, -0.2) is 43.9 Å². The smallest absolute Gasteiger partial charge is 0.389 e. The average molecular weight is 564 g/mol. The fourth-order valence-corrected chi connectivity index (χ4v) is 4.83. The zero-order valence-corrected chi connectivity index (χ0v) is 22.8. The predicted molar refractivity (Wildman–Crippen MR) is 136 cm³/mol. The van der Waals surface area contributed by atoms with E-state index in [1.165, 1.54) is 20.0 Å². The van der Waals surface area contributed by atoms with Crippen molar-refractivity contribution in [3.63, 3.8) is 0 Å². The number of aromatic nitrogens is 2. The van der Waals surface area contributed by atoms with Gasteiger partial charge in [-0.05, 0) is 62.1 Å². The van der Waals surface area contributed by atoms with Gasteiger partial charge in [0.15, 0.2) is 5.69 Å². The lowest BCUT2D eigenvalue weighted by molar-refractivity contribution is -0.135. The molecule has 1 heterocycles. The lowest BCUT2D eigenvalue weighted by Gasteiger charge is -2.26. The van der Waals surface area contributed by atoms with E-state index in [1.54, 1.807) is 22.9 Å². The standard InChI is InChI=1S/C25H33ClF3N3O2.O2S/c1-4-32-23(19-12-11-17(14-20(19)34-3)6-5-13-25(27,28)29)21(26)22(31-32)24(33)30-15-18-9-7-16(2)8-10-18;1-3-2/h11-12,14,16,18H,4-10,13,15H2,1-3H3,(H,30,33);. The number of carbonyl (C=O) groups is 1. The van der Waals surface area contributed by atoms with Crippen LogP contribution in [0, 0.1) is 11.8 Å². The maximum absolute atomic E-state index is 12.9. The van der Waals surface area contributed by atoms with Gasteiger partial charge in [-0.2, -0.15) is 26.7 Å². The lowest BCUT2D eigenvalue weighted by Crippen LogP contribution is -2.31. The van der Waals surface area contributed by atoms with Gasteiger partial charge in [-0.15, -0.1) is 0 Å². The Morgan fingerprint density at radius 1 is 1.24 bits per heavy atom. The van der Waals surface area contributed by atoms with Crippen LogP contribution in [0.25, 0.3) is 11.3 Å². The summed E-state index contributed by atoms with van der Waals surface area (Å²) in [6.45, 7) is 5.25. The van der Waals surface area contributed by atoms with Crippen LogP contribution in [0.2, 0.25) is 5.02 Å². The number of nitrogens with zero attached hydrogens (tertiary/aromatic N) is 2. The van der Waals surface area contributed by atoms with Gasteiger partial charge in [-0.3, -0.25) is 9.48 Å². The zero-order chi connectivity index (χ0) is 27.6. The number of rotatable bonds is 9. The number of amides is 1. The van der Waals surface area contributed by atoms with Gasteiger partial charge in [0.05, 0.1) is 17.8 Å². The second-order valence-electron chi connectivity index (χ2n) is 9.23. The Morgan fingerprint density at radius 3 is 2.46 bits per heavy atom. The molecule has 0 bridgehead atoms. The van der Waals surface area contributed by atoms with Gasteiger partial charge >= 0.3 is 17.7 Å². The van der Waals surface area contributed by atoms with E-state index in [2.05, 4.69) is 17.3 Å². The topological polar surface area (TPSA) is 90.3 Å². The van der Waals surface area contributed by atoms with Crippen molar-refractivity contribution in [3.8, 4) is 17.0 Å². The van der Waals surface area contributed by atoms with E-state index in [-0.39, 0.29) is 29.5 Å². The number of carbonyl (C=O) groups excluding carboxylic acids is 1. The van der Waals surface area contributed by atoms with Crippen molar-refractivity contribution in [2.45, 2.75) is 71.5 Å².